The maximum Gasteiger partial charge on any atom is 0.351 e. The summed E-state index contributed by atoms with van der Waals surface area (Å²) in [5.74, 6) is 0.710. The number of aromatic amines is 4. The van der Waals surface area contributed by atoms with E-state index in [2.05, 4.69) is 90.2 Å². The number of anilines is 3. The Morgan fingerprint density at radius 1 is 0.459 bits per heavy atom. The van der Waals surface area contributed by atoms with E-state index in [0.29, 0.717) is 18.1 Å². The Bertz CT molecular complexity index is 5360. The number of ether oxygens (including phenoxy) is 5. The zero-order valence-corrected chi connectivity index (χ0v) is 68.6. The summed E-state index contributed by atoms with van der Waals surface area (Å²) in [6.45, 7) is 22.4. The number of nitrogens with two attached hydrogens (primary N) is 3. The monoisotopic (exact) mass is 1650 g/mol. The normalized spacial score (nSPS) is 28.5. The number of H-pyrrole nitrogens is 4. The van der Waals surface area contributed by atoms with Crippen LogP contribution in [0.25, 0.3) is 22.3 Å². The van der Waals surface area contributed by atoms with Gasteiger partial charge in [-0.25, -0.2) is 24.4 Å². The van der Waals surface area contributed by atoms with Crippen LogP contribution < -0.4 is 56.5 Å². The highest BCUT2D eigenvalue weighted by atomic mass is 31.2. The lowest BCUT2D eigenvalue weighted by Gasteiger charge is -2.32. The number of rotatable bonds is 31. The van der Waals surface area contributed by atoms with E-state index in [1.165, 1.54) is 32.2 Å². The van der Waals surface area contributed by atoms with Gasteiger partial charge >= 0.3 is 17.1 Å². The van der Waals surface area contributed by atoms with Gasteiger partial charge in [-0.05, 0) is 65.9 Å². The molecule has 12 heterocycles. The highest BCUT2D eigenvalue weighted by Crippen LogP contribution is 2.56. The molecule has 20 atom stereocenters. The van der Waals surface area contributed by atoms with E-state index in [1.54, 1.807) is 76.4 Å². The highest BCUT2D eigenvalue weighted by Gasteiger charge is 2.48. The third-order valence-corrected chi connectivity index (χ3v) is 26.6. The van der Waals surface area contributed by atoms with Crippen LogP contribution in [0.15, 0.2) is 58.2 Å². The van der Waals surface area contributed by atoms with Crippen molar-refractivity contribution < 1.29 is 68.9 Å². The number of nitrogen functional groups attached to an aromatic ring is 3. The van der Waals surface area contributed by atoms with Gasteiger partial charge in [0.1, 0.15) is 110 Å². The minimum Gasteiger partial charge on any atom is -0.383 e. The summed E-state index contributed by atoms with van der Waals surface area (Å²) in [5, 5.41) is 0. The van der Waals surface area contributed by atoms with Gasteiger partial charge < -0.3 is 86.1 Å². The van der Waals surface area contributed by atoms with Gasteiger partial charge in [0.2, 0.25) is 11.9 Å². The minimum atomic E-state index is -3.30. The zero-order chi connectivity index (χ0) is 80.5. The Morgan fingerprint density at radius 3 is 1.17 bits per heavy atom. The largest absolute Gasteiger partial charge is 0.383 e. The number of nitrogens with zero attached hydrogens (tertiary/aromatic N) is 10. The molecular formula is C67H100N17O22P5. The molecule has 0 saturated carbocycles. The summed E-state index contributed by atoms with van der Waals surface area (Å²) < 4.78 is 107. The second kappa shape index (κ2) is 32.9. The number of hydrogen-bond acceptors (Lipinski definition) is 30. The number of nitrogens with one attached hydrogen (secondary N) is 4. The summed E-state index contributed by atoms with van der Waals surface area (Å²) >= 11 is 0. The third-order valence-electron chi connectivity index (χ3n) is 19.4. The molecule has 44 heteroatoms. The molecule has 10 unspecified atom stereocenters. The highest BCUT2D eigenvalue weighted by molar-refractivity contribution is 7.65. The molecule has 5 aliphatic rings. The Labute approximate surface area is 637 Å². The predicted octanol–water partition coefficient (Wildman–Crippen LogP) is 4.90. The van der Waals surface area contributed by atoms with E-state index in [4.69, 9.17) is 86.1 Å². The van der Waals surface area contributed by atoms with Gasteiger partial charge in [0, 0.05) is 88.7 Å². The van der Waals surface area contributed by atoms with Crippen LogP contribution in [-0.4, -0.2) is 227 Å². The number of imidazole rings is 2. The molecule has 10 N–H and O–H groups in total. The number of hydrogen-bond donors (Lipinski definition) is 7. The molecule has 5 saturated heterocycles. The van der Waals surface area contributed by atoms with Crippen molar-refractivity contribution in [3.05, 3.63) is 120 Å². The third kappa shape index (κ3) is 19.5. The molecule has 0 amide bonds. The van der Waals surface area contributed by atoms with Crippen molar-refractivity contribution in [1.82, 2.24) is 67.7 Å². The van der Waals surface area contributed by atoms with Crippen molar-refractivity contribution in [3.8, 4) is 0 Å². The molecule has 0 aliphatic carbocycles. The SMILES string of the molecule is C=P(C)(OC[C@H]1O[C@@H](n2c(C)nc3c(=O)[nH]c(N)nc32)CC1OP(=C)(C)OC[C@H]1O[C@@H](n2cc(C)c(=O)[nH]c2=O)CC1OP(=C)(C)OC[C@H]1O[C@@H](n2c(C)nc3c(=O)[nH]c(N)nc32)CC1OP(=C)(C)OC[C@H]1O[C@@H](n2cc(C)c(=O)[nH]c2=O)CC1OP(=C)(C)OC[C@H]1O[C@@H](n2ccc(N)nc2=O)CC1C(C)C)OC(C)C. The number of aromatic nitrogens is 14. The molecule has 7 aromatic heterocycles. The molecule has 5 fully saturated rings. The van der Waals surface area contributed by atoms with Crippen molar-refractivity contribution in [1.29, 1.82) is 0 Å². The van der Waals surface area contributed by atoms with Gasteiger partial charge in [0.05, 0.1) is 69.7 Å². The lowest BCUT2D eigenvalue weighted by atomic mass is 9.89. The smallest absolute Gasteiger partial charge is 0.351 e. The first-order valence-corrected chi connectivity index (χ1v) is 47.2. The summed E-state index contributed by atoms with van der Waals surface area (Å²) in [4.78, 5) is 123. The fourth-order valence-electron chi connectivity index (χ4n) is 14.3. The molecule has 0 spiro atoms. The number of aryl methyl sites for hydroxylation is 4. The lowest BCUT2D eigenvalue weighted by Crippen LogP contribution is -2.33. The van der Waals surface area contributed by atoms with Crippen LogP contribution in [0.3, 0.4) is 0 Å². The summed E-state index contributed by atoms with van der Waals surface area (Å²) in [5.41, 5.74) is 14.7. The Kier molecular flexibility index (Phi) is 24.8. The van der Waals surface area contributed by atoms with Crippen LogP contribution in [-0.2, 0) is 68.9 Å². The van der Waals surface area contributed by atoms with E-state index in [0.717, 1.165) is 0 Å². The lowest BCUT2D eigenvalue weighted by molar-refractivity contribution is -0.0497. The average Bonchev–Trinajstić information content (AvgIpc) is 1.61. The Balaban J connectivity index is 0.767. The minimum absolute atomic E-state index is 0.0136. The van der Waals surface area contributed by atoms with Gasteiger partial charge in [-0.2, -0.15) is 15.0 Å². The van der Waals surface area contributed by atoms with Crippen LogP contribution in [0.5, 0.6) is 0 Å². The summed E-state index contributed by atoms with van der Waals surface area (Å²) in [6, 6.07) is 1.53. The van der Waals surface area contributed by atoms with Crippen LogP contribution in [0.1, 0.15) is 114 Å². The number of fused-ring (bicyclic) bond motifs is 2. The molecule has 5 aliphatic heterocycles. The van der Waals surface area contributed by atoms with Gasteiger partial charge in [-0.1, -0.05) is 45.3 Å². The van der Waals surface area contributed by atoms with Gasteiger partial charge in [-0.15, -0.1) is 0 Å². The van der Waals surface area contributed by atoms with Crippen molar-refractivity contribution >= 4 is 108 Å². The van der Waals surface area contributed by atoms with E-state index < -0.39 is 162 Å². The van der Waals surface area contributed by atoms with Crippen molar-refractivity contribution in [2.24, 2.45) is 11.8 Å². The van der Waals surface area contributed by atoms with Gasteiger partial charge in [0.25, 0.3) is 22.2 Å². The van der Waals surface area contributed by atoms with Crippen LogP contribution in [0.4, 0.5) is 17.7 Å². The molecule has 0 radical (unpaired) electrons. The molecule has 39 nitrogen and oxygen atoms in total. The van der Waals surface area contributed by atoms with Crippen molar-refractivity contribution in [3.63, 3.8) is 0 Å². The second-order valence-electron chi connectivity index (χ2n) is 29.8. The topological polar surface area (TPSA) is 488 Å². The Hall–Kier alpha value is -6.76. The molecule has 0 aromatic carbocycles. The average molecular weight is 1650 g/mol. The molecule has 0 bridgehead atoms. The quantitative estimate of drug-likeness (QED) is 0.0284. The zero-order valence-electron chi connectivity index (χ0n) is 64.2. The molecule has 12 rings (SSSR count). The van der Waals surface area contributed by atoms with Crippen molar-refractivity contribution in [2.75, 3.05) is 83.6 Å². The van der Waals surface area contributed by atoms with Gasteiger partial charge in [-0.3, -0.25) is 61.9 Å². The molecule has 7 aromatic rings. The van der Waals surface area contributed by atoms with Gasteiger partial charge in [0.15, 0.2) is 22.3 Å². The fraction of sp³-hybridized carbons (Fsp3) is 0.597. The maximum atomic E-state index is 13.6. The Morgan fingerprint density at radius 2 is 0.802 bits per heavy atom. The van der Waals surface area contributed by atoms with E-state index in [-0.39, 0.29) is 128 Å². The fourth-order valence-corrected chi connectivity index (χ4v) is 21.0. The first kappa shape index (κ1) is 83.7. The summed E-state index contributed by atoms with van der Waals surface area (Å²) in [7, 11) is -15.4. The van der Waals surface area contributed by atoms with Crippen LogP contribution >= 0.6 is 36.7 Å². The van der Waals surface area contributed by atoms with E-state index in [9.17, 15) is 33.6 Å². The first-order chi connectivity index (χ1) is 52.0. The van der Waals surface area contributed by atoms with Crippen molar-refractivity contribution in [2.45, 2.75) is 180 Å². The van der Waals surface area contributed by atoms with Crippen LogP contribution in [0, 0.1) is 39.5 Å². The first-order valence-electron chi connectivity index (χ1n) is 35.9. The second-order valence-corrected chi connectivity index (χ2v) is 42.3. The predicted molar refractivity (Wildman–Crippen MR) is 426 cm³/mol. The molecule has 610 valence electrons. The maximum absolute atomic E-state index is 13.6. The standard InChI is InChI=1S/C67H100N17O22P5/c1-33(2)39-21-50(80-20-19-49(68)73-65(80)89)97-44(39)28-92-108(11,12)103-40-22-51(81-26-35(5)59(85)78-66(81)90)98-45(40)29-94-111(17,18)106-43-25-54(84-38(8)72-56-58(84)75-64(70)77-62(56)88)101-48(43)32-96-109(13,14)104-41-23-52(82-27-36(6)60(86)79-67(82)91)99-46(41)30-95-110(15,16)105-42-24-53(100-47(42)31-93-107(9,10)102-34(3)4)83-37(7)71-55-57(83)74-63(69)76-61(55)87/h19-20,26-27,33-34,39-48,50-54H,9,11,13,15,17,21-25,28-32H2,1-8,10,12,14,16,18H3,(H2,68,73,89)(H,78,85,90)(H,79,86,91)(H3,69,74,76,87)(H3,70,75,77,88)/t39?,40?,41?,42?,43?,44-,45-,46-,47-,48-,50-,51-,52-,53-,54-,107?,108?,109?,110?,111?/m1/s1. The van der Waals surface area contributed by atoms with E-state index in [1.807, 2.05) is 13.8 Å². The van der Waals surface area contributed by atoms with Crippen LogP contribution in [0.2, 0.25) is 0 Å². The summed E-state index contributed by atoms with van der Waals surface area (Å²) in [6.07, 6.45) is 15.4. The molecular weight excluding hydrogens is 1550 g/mol. The van der Waals surface area contributed by atoms with E-state index >= 15 is 0 Å². The molecule has 111 heavy (non-hydrogen) atoms.